The number of rotatable bonds is 6. The summed E-state index contributed by atoms with van der Waals surface area (Å²) in [6.45, 7) is -0.304. The van der Waals surface area contributed by atoms with Gasteiger partial charge in [-0.3, -0.25) is 24.1 Å². The number of phenolic OH excluding ortho intramolecular Hbond substituents is 1. The summed E-state index contributed by atoms with van der Waals surface area (Å²) in [5.41, 5.74) is 2.17. The molecule has 3 aliphatic rings. The van der Waals surface area contributed by atoms with Crippen LogP contribution < -0.4 is 16.0 Å². The molecule has 0 fully saturated rings. The average Bonchev–Trinajstić information content (AvgIpc) is 2.82. The van der Waals surface area contributed by atoms with Crippen LogP contribution in [0.5, 0.6) is 5.75 Å². The molecule has 210 valence electrons. The van der Waals surface area contributed by atoms with Crippen molar-refractivity contribution in [3.05, 3.63) is 39.9 Å². The summed E-state index contributed by atoms with van der Waals surface area (Å²) >= 11 is 0. The van der Waals surface area contributed by atoms with Gasteiger partial charge in [0.05, 0.1) is 17.3 Å². The number of aliphatic hydroxyl groups excluding tert-OH is 2. The van der Waals surface area contributed by atoms with Gasteiger partial charge in [0.1, 0.15) is 23.7 Å². The molecule has 0 heterocycles. The van der Waals surface area contributed by atoms with Crippen molar-refractivity contribution < 1.29 is 44.3 Å². The van der Waals surface area contributed by atoms with E-state index < -0.39 is 69.7 Å². The minimum absolute atomic E-state index is 0.0221. The predicted molar refractivity (Wildman–Crippen MR) is 139 cm³/mol. The maximum Gasteiger partial charge on any atom is 0.255 e. The number of Topliss-reactive ketones (excluding diaryl/α,β-unsaturated/α-hetero) is 2. The van der Waals surface area contributed by atoms with Gasteiger partial charge in [0, 0.05) is 38.4 Å². The van der Waals surface area contributed by atoms with E-state index in [1.54, 1.807) is 33.1 Å². The first kappa shape index (κ1) is 28.1. The van der Waals surface area contributed by atoms with Crippen LogP contribution in [0.4, 0.5) is 11.4 Å². The number of carbonyl (C=O) groups excluding carboxylic acids is 4. The third-order valence-electron chi connectivity index (χ3n) is 7.73. The molecule has 13 heteroatoms. The van der Waals surface area contributed by atoms with Crippen molar-refractivity contribution in [1.29, 1.82) is 0 Å². The lowest BCUT2D eigenvalue weighted by atomic mass is 9.58. The zero-order chi connectivity index (χ0) is 29.1. The number of primary amides is 1. The molecule has 13 nitrogen and oxygen atoms in total. The number of nitrogens with zero attached hydrogens (tertiary/aromatic N) is 2. The molecule has 0 saturated carbocycles. The van der Waals surface area contributed by atoms with E-state index in [1.165, 1.54) is 18.1 Å². The van der Waals surface area contributed by atoms with Gasteiger partial charge in [-0.1, -0.05) is 0 Å². The molecule has 2 amide bonds. The number of nitrogens with one attached hydrogen (secondary N) is 1. The molecule has 4 rings (SSSR count). The van der Waals surface area contributed by atoms with Crippen molar-refractivity contribution in [1.82, 2.24) is 4.90 Å². The van der Waals surface area contributed by atoms with Crippen molar-refractivity contribution in [3.8, 4) is 5.75 Å². The van der Waals surface area contributed by atoms with Gasteiger partial charge in [-0.05, 0) is 44.5 Å². The van der Waals surface area contributed by atoms with Gasteiger partial charge in [-0.25, -0.2) is 0 Å². The average molecular weight is 545 g/mol. The molecule has 3 aliphatic carbocycles. The third kappa shape index (κ3) is 4.04. The molecule has 7 N–H and O–H groups in total. The van der Waals surface area contributed by atoms with Crippen molar-refractivity contribution in [2.45, 2.75) is 24.5 Å². The second kappa shape index (κ2) is 9.67. The van der Waals surface area contributed by atoms with Crippen LogP contribution in [0.15, 0.2) is 28.7 Å². The number of hydrogen-bond acceptors (Lipinski definition) is 11. The van der Waals surface area contributed by atoms with E-state index in [9.17, 15) is 39.6 Å². The number of aliphatic hydroxyl groups is 3. The number of allylic oxidation sites excluding steroid dienone is 1. The van der Waals surface area contributed by atoms with Crippen LogP contribution in [-0.4, -0.2) is 102 Å². The molecule has 0 bridgehead atoms. The van der Waals surface area contributed by atoms with Gasteiger partial charge < -0.3 is 41.1 Å². The Morgan fingerprint density at radius 1 is 1.18 bits per heavy atom. The van der Waals surface area contributed by atoms with Crippen molar-refractivity contribution in [2.24, 2.45) is 17.6 Å². The van der Waals surface area contributed by atoms with Crippen molar-refractivity contribution in [3.63, 3.8) is 0 Å². The van der Waals surface area contributed by atoms with E-state index in [2.05, 4.69) is 5.32 Å². The van der Waals surface area contributed by atoms with E-state index in [0.29, 0.717) is 11.3 Å². The highest BCUT2D eigenvalue weighted by Gasteiger charge is 2.63. The Labute approximate surface area is 224 Å². The number of aromatic hydroxyl groups is 1. The highest BCUT2D eigenvalue weighted by molar-refractivity contribution is 6.25. The molecular formula is C26H32N4O9. The second-order valence-corrected chi connectivity index (χ2v) is 10.5. The Morgan fingerprint density at radius 3 is 2.36 bits per heavy atom. The van der Waals surface area contributed by atoms with Gasteiger partial charge in [0.2, 0.25) is 11.7 Å². The first-order chi connectivity index (χ1) is 18.2. The quantitative estimate of drug-likeness (QED) is 0.204. The fourth-order valence-corrected chi connectivity index (χ4v) is 6.11. The Kier molecular flexibility index (Phi) is 6.96. The topological polar surface area (TPSA) is 203 Å². The lowest BCUT2D eigenvalue weighted by molar-refractivity contribution is -0.148. The number of fused-ring (bicyclic) bond motifs is 3. The van der Waals surface area contributed by atoms with Gasteiger partial charge >= 0.3 is 0 Å². The van der Waals surface area contributed by atoms with Crippen molar-refractivity contribution in [2.75, 3.05) is 52.1 Å². The summed E-state index contributed by atoms with van der Waals surface area (Å²) in [5.74, 6) is -7.98. The molecule has 0 radical (unpaired) electrons. The SMILES string of the molecule is COCC(=O)Nc1cc(N(C)C)c2c(c1O)C(=O)C1=C(O)[C@]3(O)C(=O)C(C(N)=O)=C(O)[C@@H](N(C)C)C3CC1C2. The molecule has 0 aliphatic heterocycles. The van der Waals surface area contributed by atoms with Gasteiger partial charge in [0.15, 0.2) is 17.1 Å². The summed E-state index contributed by atoms with van der Waals surface area (Å²) in [7, 11) is 7.89. The lowest BCUT2D eigenvalue weighted by Crippen LogP contribution is -2.63. The van der Waals surface area contributed by atoms with E-state index in [-0.39, 0.29) is 36.3 Å². The maximum atomic E-state index is 13.9. The van der Waals surface area contributed by atoms with Crippen LogP contribution in [0, 0.1) is 11.8 Å². The Bertz CT molecular complexity index is 1360. The second-order valence-electron chi connectivity index (χ2n) is 10.5. The summed E-state index contributed by atoms with van der Waals surface area (Å²) in [6.07, 6.45) is 0.105. The van der Waals surface area contributed by atoms with Crippen LogP contribution >= 0.6 is 0 Å². The fraction of sp³-hybridized carbons (Fsp3) is 0.462. The number of carbonyl (C=O) groups is 4. The number of likely N-dealkylation sites (N-methyl/N-ethyl adjacent to an activating group) is 1. The predicted octanol–water partition coefficient (Wildman–Crippen LogP) is -0.228. The molecule has 0 spiro atoms. The molecule has 0 aromatic heterocycles. The zero-order valence-corrected chi connectivity index (χ0v) is 22.2. The number of hydrogen-bond donors (Lipinski definition) is 6. The number of anilines is 2. The van der Waals surface area contributed by atoms with Crippen LogP contribution in [0.2, 0.25) is 0 Å². The molecular weight excluding hydrogens is 512 g/mol. The molecule has 1 aromatic carbocycles. The number of methoxy groups -OCH3 is 1. The monoisotopic (exact) mass is 544 g/mol. The van der Waals surface area contributed by atoms with E-state index in [0.717, 1.165) is 0 Å². The van der Waals surface area contributed by atoms with Gasteiger partial charge in [-0.15, -0.1) is 0 Å². The third-order valence-corrected chi connectivity index (χ3v) is 7.73. The summed E-state index contributed by atoms with van der Waals surface area (Å²) < 4.78 is 4.81. The van der Waals surface area contributed by atoms with Crippen molar-refractivity contribution >= 4 is 34.8 Å². The lowest BCUT2D eigenvalue weighted by Gasteiger charge is -2.50. The number of benzene rings is 1. The Morgan fingerprint density at radius 2 is 1.82 bits per heavy atom. The molecule has 1 aromatic rings. The van der Waals surface area contributed by atoms with Crippen LogP contribution in [0.3, 0.4) is 0 Å². The van der Waals surface area contributed by atoms with E-state index in [1.807, 2.05) is 0 Å². The molecule has 2 unspecified atom stereocenters. The highest BCUT2D eigenvalue weighted by Crippen LogP contribution is 2.53. The summed E-state index contributed by atoms with van der Waals surface area (Å²) in [4.78, 5) is 54.8. The first-order valence-electron chi connectivity index (χ1n) is 12.2. The normalized spacial score (nSPS) is 26.3. The van der Waals surface area contributed by atoms with Crippen LogP contribution in [0.1, 0.15) is 22.3 Å². The molecule has 0 saturated heterocycles. The Balaban J connectivity index is 1.95. The largest absolute Gasteiger partial charge is 0.510 e. The first-order valence-corrected chi connectivity index (χ1v) is 12.2. The maximum absolute atomic E-state index is 13.9. The number of phenols is 1. The number of ether oxygens (including phenoxy) is 1. The smallest absolute Gasteiger partial charge is 0.255 e. The van der Waals surface area contributed by atoms with E-state index in [4.69, 9.17) is 10.5 Å². The van der Waals surface area contributed by atoms with Crippen LogP contribution in [0.25, 0.3) is 0 Å². The summed E-state index contributed by atoms with van der Waals surface area (Å²) in [6, 6.07) is 0.443. The van der Waals surface area contributed by atoms with E-state index >= 15 is 0 Å². The standard InChI is InChI=1S/C26H32N4O9/c1-29(2)14-8-13(28-15(31)9-39-5)20(32)17-11(14)6-10-7-12-19(30(3)4)22(34)18(25(27)37)24(36)26(12,38)23(35)16(10)21(17)33/h8,10,12,19,32,34-35,38H,6-7,9H2,1-5H3,(H2,27,37)(H,28,31)/t10?,12?,19-,26-/m0/s1. The molecule has 4 atom stereocenters. The van der Waals surface area contributed by atoms with Gasteiger partial charge in [-0.2, -0.15) is 0 Å². The zero-order valence-electron chi connectivity index (χ0n) is 22.2. The molecule has 39 heavy (non-hydrogen) atoms. The minimum atomic E-state index is -2.73. The number of nitrogens with two attached hydrogens (primary N) is 1. The van der Waals surface area contributed by atoms with Crippen LogP contribution in [-0.2, 0) is 25.5 Å². The Hall–Kier alpha value is -3.94. The number of ketones is 2. The summed E-state index contributed by atoms with van der Waals surface area (Å²) in [5, 5.41) is 47.5. The number of amides is 2. The minimum Gasteiger partial charge on any atom is -0.510 e. The highest BCUT2D eigenvalue weighted by atomic mass is 16.5. The fourth-order valence-electron chi connectivity index (χ4n) is 6.11. The van der Waals surface area contributed by atoms with Gasteiger partial charge in [0.25, 0.3) is 5.91 Å².